The Morgan fingerprint density at radius 2 is 2.35 bits per heavy atom. The first kappa shape index (κ1) is 12.6. The molecule has 3 aromatic rings. The molecule has 0 spiro atoms. The first-order valence-corrected chi connectivity index (χ1v) is 6.70. The first-order chi connectivity index (χ1) is 9.58. The van der Waals surface area contributed by atoms with Gasteiger partial charge in [0.15, 0.2) is 0 Å². The van der Waals surface area contributed by atoms with Gasteiger partial charge in [-0.25, -0.2) is 4.98 Å². The Morgan fingerprint density at radius 1 is 1.55 bits per heavy atom. The number of nitrogens with zero attached hydrogens (tertiary/aromatic N) is 2. The van der Waals surface area contributed by atoms with Crippen molar-refractivity contribution in [1.82, 2.24) is 9.55 Å². The Labute approximate surface area is 116 Å². The number of thiophene rings is 1. The zero-order valence-electron chi connectivity index (χ0n) is 10.5. The number of furan rings is 1. The summed E-state index contributed by atoms with van der Waals surface area (Å²) < 4.78 is 6.46. The number of hydrogen-bond donors (Lipinski definition) is 1. The molecule has 102 valence electrons. The number of fused-ring (bicyclic) bond motifs is 1. The van der Waals surface area contributed by atoms with E-state index in [0.717, 1.165) is 4.57 Å². The average Bonchev–Trinajstić information content (AvgIpc) is 3.01. The van der Waals surface area contributed by atoms with Gasteiger partial charge in [0, 0.05) is 10.9 Å². The van der Waals surface area contributed by atoms with Crippen molar-refractivity contribution in [2.75, 3.05) is 0 Å². The van der Waals surface area contributed by atoms with Crippen molar-refractivity contribution < 1.29 is 14.3 Å². The third kappa shape index (κ3) is 1.92. The molecular weight excluding hydrogens is 280 g/mol. The average molecular weight is 290 g/mol. The van der Waals surface area contributed by atoms with Crippen LogP contribution in [-0.4, -0.2) is 20.6 Å². The van der Waals surface area contributed by atoms with E-state index in [4.69, 9.17) is 9.52 Å². The fraction of sp³-hybridized carbons (Fsp3) is 0.154. The largest absolute Gasteiger partial charge is 0.480 e. The lowest BCUT2D eigenvalue weighted by molar-refractivity contribution is -0.137. The second kappa shape index (κ2) is 4.61. The zero-order chi connectivity index (χ0) is 14.3. The molecule has 0 bridgehead atoms. The molecule has 0 unspecified atom stereocenters. The molecule has 0 amide bonds. The van der Waals surface area contributed by atoms with E-state index < -0.39 is 12.5 Å². The maximum Gasteiger partial charge on any atom is 0.323 e. The van der Waals surface area contributed by atoms with Gasteiger partial charge in [-0.05, 0) is 19.1 Å². The van der Waals surface area contributed by atoms with Gasteiger partial charge in [0.05, 0.1) is 11.6 Å². The summed E-state index contributed by atoms with van der Waals surface area (Å²) in [6.45, 7) is 1.22. The molecule has 0 radical (unpaired) electrons. The maximum atomic E-state index is 12.5. The van der Waals surface area contributed by atoms with Crippen LogP contribution in [0.25, 0.3) is 21.5 Å². The minimum absolute atomic E-state index is 0.359. The van der Waals surface area contributed by atoms with Gasteiger partial charge in [-0.3, -0.25) is 14.2 Å². The standard InChI is InChI=1S/C13H10N2O4S/c1-7-14-12-11(13(18)15(7)5-10(16)17)8(6-20-12)9-3-2-4-19-9/h2-4,6H,5H2,1H3,(H,16,17). The van der Waals surface area contributed by atoms with Gasteiger partial charge in [0.25, 0.3) is 5.56 Å². The molecule has 0 aliphatic carbocycles. The van der Waals surface area contributed by atoms with Crippen LogP contribution < -0.4 is 5.56 Å². The molecule has 0 aliphatic heterocycles. The minimum atomic E-state index is -1.08. The molecule has 3 heterocycles. The molecule has 1 N–H and O–H groups in total. The molecule has 0 aliphatic rings. The van der Waals surface area contributed by atoms with Crippen LogP contribution in [0.1, 0.15) is 5.82 Å². The van der Waals surface area contributed by atoms with Crippen molar-refractivity contribution in [2.24, 2.45) is 0 Å². The van der Waals surface area contributed by atoms with Gasteiger partial charge in [0.1, 0.15) is 23.0 Å². The van der Waals surface area contributed by atoms with Gasteiger partial charge in [-0.1, -0.05) is 0 Å². The molecule has 0 aromatic carbocycles. The van der Waals surface area contributed by atoms with Crippen LogP contribution in [-0.2, 0) is 11.3 Å². The number of carboxylic acid groups (broad SMARTS) is 1. The lowest BCUT2D eigenvalue weighted by atomic mass is 10.2. The van der Waals surface area contributed by atoms with Crippen molar-refractivity contribution in [3.8, 4) is 11.3 Å². The molecule has 3 aromatic heterocycles. The Hall–Kier alpha value is -2.41. The normalized spacial score (nSPS) is 11.1. The van der Waals surface area contributed by atoms with E-state index in [2.05, 4.69) is 4.98 Å². The summed E-state index contributed by atoms with van der Waals surface area (Å²) in [4.78, 5) is 28.2. The number of carbonyl (C=O) groups is 1. The van der Waals surface area contributed by atoms with E-state index >= 15 is 0 Å². The summed E-state index contributed by atoms with van der Waals surface area (Å²) in [5, 5.41) is 11.1. The highest BCUT2D eigenvalue weighted by Gasteiger charge is 2.17. The Morgan fingerprint density at radius 3 is 3.00 bits per heavy atom. The monoisotopic (exact) mass is 290 g/mol. The number of aromatic nitrogens is 2. The summed E-state index contributed by atoms with van der Waals surface area (Å²) in [6, 6.07) is 3.48. The van der Waals surface area contributed by atoms with Crippen LogP contribution in [0.4, 0.5) is 0 Å². The smallest absolute Gasteiger partial charge is 0.323 e. The quantitative estimate of drug-likeness (QED) is 0.798. The van der Waals surface area contributed by atoms with Crippen LogP contribution in [0, 0.1) is 6.92 Å². The highest BCUT2D eigenvalue weighted by molar-refractivity contribution is 7.17. The van der Waals surface area contributed by atoms with Crippen LogP contribution in [0.3, 0.4) is 0 Å². The summed E-state index contributed by atoms with van der Waals surface area (Å²) in [5.74, 6) is -0.121. The van der Waals surface area contributed by atoms with Crippen LogP contribution in [0.15, 0.2) is 33.0 Å². The molecule has 6 nitrogen and oxygen atoms in total. The van der Waals surface area contributed by atoms with Gasteiger partial charge in [-0.2, -0.15) is 0 Å². The van der Waals surface area contributed by atoms with Gasteiger partial charge < -0.3 is 9.52 Å². The fourth-order valence-corrected chi connectivity index (χ4v) is 3.02. The topological polar surface area (TPSA) is 85.3 Å². The zero-order valence-corrected chi connectivity index (χ0v) is 11.3. The summed E-state index contributed by atoms with van der Waals surface area (Å²) in [6.07, 6.45) is 1.52. The molecule has 3 rings (SSSR count). The minimum Gasteiger partial charge on any atom is -0.480 e. The highest BCUT2D eigenvalue weighted by atomic mass is 32.1. The lowest BCUT2D eigenvalue weighted by Crippen LogP contribution is -2.27. The third-order valence-corrected chi connectivity index (χ3v) is 3.84. The molecule has 0 saturated heterocycles. The number of aliphatic carboxylic acids is 1. The van der Waals surface area contributed by atoms with Crippen LogP contribution >= 0.6 is 11.3 Å². The number of hydrogen-bond acceptors (Lipinski definition) is 5. The molecular formula is C13H10N2O4S. The van der Waals surface area contributed by atoms with E-state index in [1.54, 1.807) is 24.4 Å². The fourth-order valence-electron chi connectivity index (χ4n) is 2.06. The predicted molar refractivity (Wildman–Crippen MR) is 74.0 cm³/mol. The van der Waals surface area contributed by atoms with Gasteiger partial charge in [0.2, 0.25) is 0 Å². The second-order valence-electron chi connectivity index (χ2n) is 4.25. The van der Waals surface area contributed by atoms with E-state index in [1.807, 2.05) is 0 Å². The van der Waals surface area contributed by atoms with Gasteiger partial charge >= 0.3 is 5.97 Å². The Balaban J connectivity index is 2.32. The van der Waals surface area contributed by atoms with E-state index in [9.17, 15) is 9.59 Å². The maximum absolute atomic E-state index is 12.5. The summed E-state index contributed by atoms with van der Waals surface area (Å²) in [7, 11) is 0. The van der Waals surface area contributed by atoms with E-state index in [1.165, 1.54) is 17.6 Å². The summed E-state index contributed by atoms with van der Waals surface area (Å²) >= 11 is 1.34. The number of aryl methyl sites for hydroxylation is 1. The molecule has 0 saturated carbocycles. The number of carboxylic acids is 1. The van der Waals surface area contributed by atoms with E-state index in [0.29, 0.717) is 27.4 Å². The number of rotatable bonds is 3. The Kier molecular flexibility index (Phi) is 2.90. The van der Waals surface area contributed by atoms with Crippen molar-refractivity contribution in [3.63, 3.8) is 0 Å². The molecule has 0 fully saturated rings. The third-order valence-electron chi connectivity index (χ3n) is 2.96. The van der Waals surface area contributed by atoms with Crippen LogP contribution in [0.5, 0.6) is 0 Å². The van der Waals surface area contributed by atoms with Crippen molar-refractivity contribution in [3.05, 3.63) is 40.0 Å². The molecule has 0 atom stereocenters. The second-order valence-corrected chi connectivity index (χ2v) is 5.11. The van der Waals surface area contributed by atoms with Crippen LogP contribution in [0.2, 0.25) is 0 Å². The predicted octanol–water partition coefficient (Wildman–Crippen LogP) is 2.11. The highest BCUT2D eigenvalue weighted by Crippen LogP contribution is 2.31. The molecule has 7 heteroatoms. The van der Waals surface area contributed by atoms with Crippen molar-refractivity contribution in [2.45, 2.75) is 13.5 Å². The van der Waals surface area contributed by atoms with E-state index in [-0.39, 0.29) is 5.56 Å². The summed E-state index contributed by atoms with van der Waals surface area (Å²) in [5.41, 5.74) is 0.286. The van der Waals surface area contributed by atoms with Gasteiger partial charge in [-0.15, -0.1) is 11.3 Å². The van der Waals surface area contributed by atoms with Crippen molar-refractivity contribution >= 4 is 27.5 Å². The Bertz CT molecular complexity index is 845. The molecule has 20 heavy (non-hydrogen) atoms. The lowest BCUT2D eigenvalue weighted by Gasteiger charge is -2.06. The SMILES string of the molecule is Cc1nc2scc(-c3ccco3)c2c(=O)n1CC(=O)O. The first-order valence-electron chi connectivity index (χ1n) is 5.82. The van der Waals surface area contributed by atoms with Crippen molar-refractivity contribution in [1.29, 1.82) is 0 Å².